The molecule has 0 spiro atoms. The number of hydrogen-bond acceptors (Lipinski definition) is 5. The Labute approximate surface area is 176 Å². The van der Waals surface area contributed by atoms with Crippen LogP contribution in [0, 0.1) is 5.92 Å². The molecule has 0 aliphatic carbocycles. The molecular formula is C22H29N3O3S. The zero-order chi connectivity index (χ0) is 20.8. The summed E-state index contributed by atoms with van der Waals surface area (Å²) >= 11 is 1.71. The summed E-state index contributed by atoms with van der Waals surface area (Å²) in [5, 5.41) is 7.19. The van der Waals surface area contributed by atoms with E-state index in [2.05, 4.69) is 27.0 Å². The fourth-order valence-corrected chi connectivity index (χ4v) is 4.10. The largest absolute Gasteiger partial charge is 0.497 e. The fourth-order valence-electron chi connectivity index (χ4n) is 3.44. The normalized spacial score (nSPS) is 15.9. The molecule has 0 unspecified atom stereocenters. The fraction of sp³-hybridized carbons (Fsp3) is 0.455. The summed E-state index contributed by atoms with van der Waals surface area (Å²) in [5.74, 6) is 0.458. The molecule has 1 aromatic carbocycles. The Morgan fingerprint density at radius 1 is 1.10 bits per heavy atom. The van der Waals surface area contributed by atoms with Crippen LogP contribution in [-0.2, 0) is 11.3 Å². The maximum atomic E-state index is 13.1. The molecule has 29 heavy (non-hydrogen) atoms. The predicted octanol–water partition coefficient (Wildman–Crippen LogP) is 2.86. The zero-order valence-corrected chi connectivity index (χ0v) is 18.1. The van der Waals surface area contributed by atoms with E-state index in [9.17, 15) is 9.59 Å². The standard InChI is InChI=1S/C22H29N3O3S/c1-16(2)20(23-21(26)18-4-6-19(28-3)7-5-18)22(27)25-11-9-24(10-12-25)14-17-8-13-29-15-17/h4-8,13,15-16,20H,9-12,14H2,1-3H3,(H,23,26)/t20-/m0/s1. The molecule has 0 radical (unpaired) electrons. The van der Waals surface area contributed by atoms with Gasteiger partial charge in [-0.3, -0.25) is 14.5 Å². The Bertz CT molecular complexity index is 797. The van der Waals surface area contributed by atoms with Crippen LogP contribution < -0.4 is 10.1 Å². The Hall–Kier alpha value is -2.38. The van der Waals surface area contributed by atoms with Crippen LogP contribution in [0.3, 0.4) is 0 Å². The molecule has 2 aromatic rings. The number of hydrogen-bond donors (Lipinski definition) is 1. The van der Waals surface area contributed by atoms with E-state index in [0.717, 1.165) is 19.6 Å². The lowest BCUT2D eigenvalue weighted by Crippen LogP contribution is -2.56. The molecule has 2 heterocycles. The van der Waals surface area contributed by atoms with Crippen LogP contribution in [-0.4, -0.2) is 60.9 Å². The average molecular weight is 416 g/mol. The molecule has 0 saturated carbocycles. The second kappa shape index (κ2) is 9.89. The number of carbonyl (C=O) groups is 2. The van der Waals surface area contributed by atoms with Crippen molar-refractivity contribution in [1.29, 1.82) is 0 Å². The van der Waals surface area contributed by atoms with E-state index in [4.69, 9.17) is 4.74 Å². The van der Waals surface area contributed by atoms with Crippen molar-refractivity contribution in [3.63, 3.8) is 0 Å². The van der Waals surface area contributed by atoms with Crippen LogP contribution in [0.1, 0.15) is 29.8 Å². The van der Waals surface area contributed by atoms with Crippen molar-refractivity contribution in [3.8, 4) is 5.75 Å². The van der Waals surface area contributed by atoms with Gasteiger partial charge in [-0.25, -0.2) is 0 Å². The summed E-state index contributed by atoms with van der Waals surface area (Å²) in [4.78, 5) is 30.0. The van der Waals surface area contributed by atoms with E-state index < -0.39 is 6.04 Å². The van der Waals surface area contributed by atoms with Gasteiger partial charge in [-0.05, 0) is 52.6 Å². The lowest BCUT2D eigenvalue weighted by atomic mass is 10.0. The molecular weight excluding hydrogens is 386 g/mol. The first kappa shape index (κ1) is 21.3. The van der Waals surface area contributed by atoms with Crippen molar-refractivity contribution in [1.82, 2.24) is 15.1 Å². The summed E-state index contributed by atoms with van der Waals surface area (Å²) < 4.78 is 5.13. The summed E-state index contributed by atoms with van der Waals surface area (Å²) in [5.41, 5.74) is 1.84. The zero-order valence-electron chi connectivity index (χ0n) is 17.3. The summed E-state index contributed by atoms with van der Waals surface area (Å²) in [6, 6.07) is 8.51. The third kappa shape index (κ3) is 5.58. The number of rotatable bonds is 7. The predicted molar refractivity (Wildman–Crippen MR) is 115 cm³/mol. The first-order valence-electron chi connectivity index (χ1n) is 9.95. The molecule has 7 heteroatoms. The van der Waals surface area contributed by atoms with Crippen molar-refractivity contribution in [2.24, 2.45) is 5.92 Å². The van der Waals surface area contributed by atoms with Crippen molar-refractivity contribution < 1.29 is 14.3 Å². The number of carbonyl (C=O) groups excluding carboxylic acids is 2. The van der Waals surface area contributed by atoms with Crippen molar-refractivity contribution in [3.05, 3.63) is 52.2 Å². The molecule has 1 N–H and O–H groups in total. The Kier molecular flexibility index (Phi) is 7.28. The van der Waals surface area contributed by atoms with Crippen molar-refractivity contribution in [2.45, 2.75) is 26.4 Å². The summed E-state index contributed by atoms with van der Waals surface area (Å²) in [7, 11) is 1.59. The Morgan fingerprint density at radius 2 is 1.79 bits per heavy atom. The second-order valence-corrected chi connectivity index (χ2v) is 8.44. The molecule has 2 amide bonds. The number of ether oxygens (including phenoxy) is 1. The highest BCUT2D eigenvalue weighted by Gasteiger charge is 2.31. The minimum Gasteiger partial charge on any atom is -0.497 e. The minimum atomic E-state index is -0.534. The van der Waals surface area contributed by atoms with Crippen LogP contribution in [0.25, 0.3) is 0 Å². The first-order chi connectivity index (χ1) is 14.0. The van der Waals surface area contributed by atoms with Crippen molar-refractivity contribution >= 4 is 23.2 Å². The number of methoxy groups -OCH3 is 1. The maximum Gasteiger partial charge on any atom is 0.251 e. The summed E-state index contributed by atoms with van der Waals surface area (Å²) in [6.45, 7) is 7.91. The molecule has 1 fully saturated rings. The van der Waals surface area contributed by atoms with Gasteiger partial charge in [-0.15, -0.1) is 0 Å². The molecule has 1 aliphatic rings. The lowest BCUT2D eigenvalue weighted by Gasteiger charge is -2.37. The van der Waals surface area contributed by atoms with Gasteiger partial charge in [0.1, 0.15) is 11.8 Å². The van der Waals surface area contributed by atoms with Gasteiger partial charge in [-0.1, -0.05) is 13.8 Å². The number of nitrogens with zero attached hydrogens (tertiary/aromatic N) is 2. The van der Waals surface area contributed by atoms with Crippen LogP contribution in [0.2, 0.25) is 0 Å². The van der Waals surface area contributed by atoms with E-state index in [1.165, 1.54) is 5.56 Å². The molecule has 6 nitrogen and oxygen atoms in total. The van der Waals surface area contributed by atoms with Crippen LogP contribution in [0.15, 0.2) is 41.1 Å². The van der Waals surface area contributed by atoms with E-state index in [1.54, 1.807) is 42.7 Å². The molecule has 1 saturated heterocycles. The van der Waals surface area contributed by atoms with Gasteiger partial charge in [0.2, 0.25) is 5.91 Å². The van der Waals surface area contributed by atoms with E-state index >= 15 is 0 Å². The SMILES string of the molecule is COc1ccc(C(=O)N[C@H](C(=O)N2CCN(Cc3ccsc3)CC2)C(C)C)cc1. The van der Waals surface area contributed by atoms with E-state index in [1.807, 2.05) is 18.7 Å². The van der Waals surface area contributed by atoms with Crippen LogP contribution in [0.4, 0.5) is 0 Å². The van der Waals surface area contributed by atoms with Crippen LogP contribution in [0.5, 0.6) is 5.75 Å². The molecule has 1 aromatic heterocycles. The highest BCUT2D eigenvalue weighted by Crippen LogP contribution is 2.15. The first-order valence-corrected chi connectivity index (χ1v) is 10.9. The highest BCUT2D eigenvalue weighted by molar-refractivity contribution is 7.07. The lowest BCUT2D eigenvalue weighted by molar-refractivity contribution is -0.136. The summed E-state index contributed by atoms with van der Waals surface area (Å²) in [6.07, 6.45) is 0. The number of thiophene rings is 1. The maximum absolute atomic E-state index is 13.1. The van der Waals surface area contributed by atoms with Crippen LogP contribution >= 0.6 is 11.3 Å². The third-order valence-corrected chi connectivity index (χ3v) is 5.97. The number of amides is 2. The quantitative estimate of drug-likeness (QED) is 0.755. The Morgan fingerprint density at radius 3 is 2.34 bits per heavy atom. The molecule has 156 valence electrons. The van der Waals surface area contributed by atoms with Gasteiger partial charge in [0.25, 0.3) is 5.91 Å². The van der Waals surface area contributed by atoms with Gasteiger partial charge in [0.15, 0.2) is 0 Å². The van der Waals surface area contributed by atoms with Crippen molar-refractivity contribution in [2.75, 3.05) is 33.3 Å². The van der Waals surface area contributed by atoms with Gasteiger partial charge in [0, 0.05) is 38.3 Å². The number of nitrogens with one attached hydrogen (secondary N) is 1. The van der Waals surface area contributed by atoms with Gasteiger partial charge in [-0.2, -0.15) is 11.3 Å². The highest BCUT2D eigenvalue weighted by atomic mass is 32.1. The van der Waals surface area contributed by atoms with Gasteiger partial charge >= 0.3 is 0 Å². The number of benzene rings is 1. The second-order valence-electron chi connectivity index (χ2n) is 7.66. The van der Waals surface area contributed by atoms with Gasteiger partial charge in [0.05, 0.1) is 7.11 Å². The Balaban J connectivity index is 1.57. The molecule has 0 bridgehead atoms. The average Bonchev–Trinajstić information content (AvgIpc) is 3.25. The molecule has 1 atom stereocenters. The molecule has 1 aliphatic heterocycles. The van der Waals surface area contributed by atoms with E-state index in [0.29, 0.717) is 24.4 Å². The third-order valence-electron chi connectivity index (χ3n) is 5.24. The number of piperazine rings is 1. The molecule has 3 rings (SSSR count). The van der Waals surface area contributed by atoms with Gasteiger partial charge < -0.3 is 15.0 Å². The smallest absolute Gasteiger partial charge is 0.251 e. The minimum absolute atomic E-state index is 0.00274. The topological polar surface area (TPSA) is 61.9 Å². The van der Waals surface area contributed by atoms with E-state index in [-0.39, 0.29) is 17.7 Å². The monoisotopic (exact) mass is 415 g/mol.